The molecule has 0 bridgehead atoms. The van der Waals surface area contributed by atoms with E-state index < -0.39 is 5.60 Å². The molecule has 0 spiro atoms. The van der Waals surface area contributed by atoms with Crippen LogP contribution in [0.5, 0.6) is 0 Å². The third-order valence-electron chi connectivity index (χ3n) is 5.72. The first-order chi connectivity index (χ1) is 14.1. The van der Waals surface area contributed by atoms with Gasteiger partial charge in [0.05, 0.1) is 11.6 Å². The van der Waals surface area contributed by atoms with Crippen molar-refractivity contribution in [1.29, 1.82) is 0 Å². The summed E-state index contributed by atoms with van der Waals surface area (Å²) in [7, 11) is 1.77. The van der Waals surface area contributed by atoms with Crippen LogP contribution in [-0.2, 0) is 14.3 Å². The molecule has 1 aromatic heterocycles. The molecule has 30 heavy (non-hydrogen) atoms. The molecule has 0 saturated carbocycles. The first-order valence-electron chi connectivity index (χ1n) is 10.3. The number of hydrogen-bond acceptors (Lipinski definition) is 5. The summed E-state index contributed by atoms with van der Waals surface area (Å²) in [5.41, 5.74) is 1.53. The van der Waals surface area contributed by atoms with Crippen molar-refractivity contribution in [3.05, 3.63) is 30.5 Å². The van der Waals surface area contributed by atoms with E-state index in [4.69, 9.17) is 4.74 Å². The number of nitrogens with one attached hydrogen (secondary N) is 1. The van der Waals surface area contributed by atoms with Gasteiger partial charge in [-0.25, -0.2) is 4.79 Å². The second-order valence-corrected chi connectivity index (χ2v) is 9.05. The summed E-state index contributed by atoms with van der Waals surface area (Å²) in [6.07, 6.45) is 2.46. The Kier molecular flexibility index (Phi) is 4.95. The van der Waals surface area contributed by atoms with Crippen LogP contribution in [0.2, 0.25) is 0 Å². The molecule has 1 atom stereocenters. The number of aromatic nitrogens is 1. The fourth-order valence-corrected chi connectivity index (χ4v) is 4.05. The van der Waals surface area contributed by atoms with Gasteiger partial charge in [0.25, 0.3) is 0 Å². The van der Waals surface area contributed by atoms with Crippen LogP contribution in [0.25, 0.3) is 10.9 Å². The molecule has 1 aromatic carbocycles. The van der Waals surface area contributed by atoms with Gasteiger partial charge in [-0.2, -0.15) is 0 Å². The Morgan fingerprint density at radius 2 is 1.93 bits per heavy atom. The van der Waals surface area contributed by atoms with Crippen LogP contribution in [0.4, 0.5) is 10.5 Å². The second-order valence-electron chi connectivity index (χ2n) is 9.05. The zero-order chi connectivity index (χ0) is 21.6. The number of benzene rings is 1. The topological polar surface area (TPSA) is 83.9 Å². The van der Waals surface area contributed by atoms with E-state index in [0.29, 0.717) is 12.8 Å². The van der Waals surface area contributed by atoms with Gasteiger partial charge in [-0.3, -0.25) is 14.9 Å². The number of rotatable bonds is 3. The van der Waals surface area contributed by atoms with Crippen molar-refractivity contribution in [1.82, 2.24) is 14.8 Å². The average Bonchev–Trinajstić information content (AvgIpc) is 3.03. The second kappa shape index (κ2) is 7.34. The molecule has 1 unspecified atom stereocenters. The lowest BCUT2D eigenvalue weighted by Gasteiger charge is -2.45. The number of ether oxygens (including phenoxy) is 1. The SMILES string of the molecule is CN(C(=O)OC(C)(C)C)C1CN(c2cccc3c2ccn3C2CCC(=O)NC2=O)C1. The largest absolute Gasteiger partial charge is 0.444 e. The Hall–Kier alpha value is -3.03. The summed E-state index contributed by atoms with van der Waals surface area (Å²) in [4.78, 5) is 40.0. The van der Waals surface area contributed by atoms with Crippen LogP contribution in [0.1, 0.15) is 39.7 Å². The molecule has 8 nitrogen and oxygen atoms in total. The normalized spacial score (nSPS) is 20.1. The molecule has 2 fully saturated rings. The number of hydrogen-bond donors (Lipinski definition) is 1. The molecule has 1 N–H and O–H groups in total. The highest BCUT2D eigenvalue weighted by Crippen LogP contribution is 2.34. The molecule has 2 aliphatic rings. The lowest BCUT2D eigenvalue weighted by Crippen LogP contribution is -2.60. The van der Waals surface area contributed by atoms with Crippen molar-refractivity contribution < 1.29 is 19.1 Å². The Bertz CT molecular complexity index is 1000. The maximum Gasteiger partial charge on any atom is 0.410 e. The van der Waals surface area contributed by atoms with Crippen LogP contribution < -0.4 is 10.2 Å². The van der Waals surface area contributed by atoms with Gasteiger partial charge in [-0.1, -0.05) is 6.07 Å². The Morgan fingerprint density at radius 1 is 1.20 bits per heavy atom. The number of carbonyl (C=O) groups is 3. The highest BCUT2D eigenvalue weighted by Gasteiger charge is 2.35. The molecule has 0 aliphatic carbocycles. The van der Waals surface area contributed by atoms with Crippen molar-refractivity contribution in [3.8, 4) is 0 Å². The third kappa shape index (κ3) is 3.74. The van der Waals surface area contributed by atoms with Gasteiger partial charge in [-0.05, 0) is 45.4 Å². The van der Waals surface area contributed by atoms with E-state index in [9.17, 15) is 14.4 Å². The van der Waals surface area contributed by atoms with Crippen LogP contribution in [-0.4, -0.2) is 59.2 Å². The van der Waals surface area contributed by atoms with Gasteiger partial charge in [0.15, 0.2) is 0 Å². The minimum atomic E-state index is -0.515. The van der Waals surface area contributed by atoms with E-state index in [0.717, 1.165) is 29.7 Å². The van der Waals surface area contributed by atoms with E-state index in [-0.39, 0.29) is 30.0 Å². The standard InChI is InChI=1S/C22H28N4O4/c1-22(2,3)30-21(29)24(4)14-12-25(13-14)16-6-5-7-17-15(16)10-11-26(17)18-8-9-19(27)23-20(18)28/h5-7,10-11,14,18H,8-9,12-13H2,1-4H3,(H,23,27,28). The molecular weight excluding hydrogens is 384 g/mol. The number of anilines is 1. The number of imide groups is 1. The number of likely N-dealkylation sites (N-methyl/N-ethyl adjacent to an activating group) is 1. The van der Waals surface area contributed by atoms with Gasteiger partial charge in [0.1, 0.15) is 11.6 Å². The minimum absolute atomic E-state index is 0.0901. The van der Waals surface area contributed by atoms with Gasteiger partial charge in [0.2, 0.25) is 11.8 Å². The van der Waals surface area contributed by atoms with Crippen molar-refractivity contribution in [2.24, 2.45) is 0 Å². The predicted octanol–water partition coefficient (Wildman–Crippen LogP) is 2.67. The lowest BCUT2D eigenvalue weighted by atomic mass is 10.0. The summed E-state index contributed by atoms with van der Waals surface area (Å²) in [6, 6.07) is 7.75. The minimum Gasteiger partial charge on any atom is -0.444 e. The van der Waals surface area contributed by atoms with Gasteiger partial charge >= 0.3 is 6.09 Å². The first kappa shape index (κ1) is 20.3. The number of piperidine rings is 1. The zero-order valence-electron chi connectivity index (χ0n) is 17.8. The highest BCUT2D eigenvalue weighted by atomic mass is 16.6. The Morgan fingerprint density at radius 3 is 2.60 bits per heavy atom. The Balaban J connectivity index is 1.49. The van der Waals surface area contributed by atoms with Crippen LogP contribution in [0, 0.1) is 0 Å². The number of carbonyl (C=O) groups excluding carboxylic acids is 3. The number of fused-ring (bicyclic) bond motifs is 1. The van der Waals surface area contributed by atoms with E-state index in [2.05, 4.69) is 16.3 Å². The summed E-state index contributed by atoms with van der Waals surface area (Å²) < 4.78 is 7.41. The average molecular weight is 412 g/mol. The molecule has 4 rings (SSSR count). The third-order valence-corrected chi connectivity index (χ3v) is 5.72. The lowest BCUT2D eigenvalue weighted by molar-refractivity contribution is -0.135. The van der Waals surface area contributed by atoms with E-state index in [1.807, 2.05) is 49.7 Å². The highest BCUT2D eigenvalue weighted by molar-refractivity contribution is 6.01. The smallest absolute Gasteiger partial charge is 0.410 e. The quantitative estimate of drug-likeness (QED) is 0.784. The monoisotopic (exact) mass is 412 g/mol. The van der Waals surface area contributed by atoms with Gasteiger partial charge in [0, 0.05) is 43.8 Å². The summed E-state index contributed by atoms with van der Waals surface area (Å²) >= 11 is 0. The predicted molar refractivity (Wildman–Crippen MR) is 113 cm³/mol. The summed E-state index contributed by atoms with van der Waals surface area (Å²) in [6.45, 7) is 7.02. The fraction of sp³-hybridized carbons (Fsp3) is 0.500. The fourth-order valence-electron chi connectivity index (χ4n) is 4.05. The van der Waals surface area contributed by atoms with Crippen molar-refractivity contribution in [2.75, 3.05) is 25.0 Å². The van der Waals surface area contributed by atoms with Crippen LogP contribution in [0.3, 0.4) is 0 Å². The maximum atomic E-state index is 12.3. The Labute approximate surface area is 175 Å². The molecular formula is C22H28N4O4. The summed E-state index contributed by atoms with van der Waals surface area (Å²) in [5.74, 6) is -0.466. The van der Waals surface area contributed by atoms with Crippen molar-refractivity contribution in [3.63, 3.8) is 0 Å². The van der Waals surface area contributed by atoms with Gasteiger partial charge < -0.3 is 19.1 Å². The van der Waals surface area contributed by atoms with Crippen molar-refractivity contribution >= 4 is 34.5 Å². The van der Waals surface area contributed by atoms with E-state index in [1.165, 1.54) is 0 Å². The molecule has 3 heterocycles. The molecule has 160 valence electrons. The number of nitrogens with zero attached hydrogens (tertiary/aromatic N) is 3. The van der Waals surface area contributed by atoms with Crippen LogP contribution in [0.15, 0.2) is 30.5 Å². The zero-order valence-corrected chi connectivity index (χ0v) is 17.8. The maximum absolute atomic E-state index is 12.3. The molecule has 2 aromatic rings. The molecule has 2 aliphatic heterocycles. The van der Waals surface area contributed by atoms with Crippen molar-refractivity contribution in [2.45, 2.75) is 51.3 Å². The van der Waals surface area contributed by atoms with E-state index in [1.54, 1.807) is 11.9 Å². The molecule has 8 heteroatoms. The van der Waals surface area contributed by atoms with Crippen LogP contribution >= 0.6 is 0 Å². The molecule has 2 saturated heterocycles. The first-order valence-corrected chi connectivity index (χ1v) is 10.3. The molecule has 0 radical (unpaired) electrons. The van der Waals surface area contributed by atoms with Gasteiger partial charge in [-0.15, -0.1) is 0 Å². The van der Waals surface area contributed by atoms with E-state index >= 15 is 0 Å². The number of amides is 3. The summed E-state index contributed by atoms with van der Waals surface area (Å²) in [5, 5.41) is 3.48. The molecule has 3 amide bonds.